The Bertz CT molecular complexity index is 59.5. The average molecular weight is 273 g/mol. The van der Waals surface area contributed by atoms with E-state index in [0.29, 0.717) is 0 Å². The molecule has 0 saturated carbocycles. The Balaban J connectivity index is 0. The van der Waals surface area contributed by atoms with Gasteiger partial charge in [0.1, 0.15) is 4.84 Å². The standard InChI is InChI=1S/C4H8Cl2O.H2Te/c1-4(2,7)3(5)6;/h3,7H,1-2H3;1H2. The molecule has 1 nitrogen and oxygen atoms in total. The number of hydrogen-bond donors (Lipinski definition) is 1. The van der Waals surface area contributed by atoms with Crippen LogP contribution in [-0.4, -0.2) is 39.2 Å². The van der Waals surface area contributed by atoms with E-state index < -0.39 is 10.4 Å². The van der Waals surface area contributed by atoms with Crippen LogP contribution >= 0.6 is 23.2 Å². The molecule has 0 aliphatic rings. The number of halogens is 2. The van der Waals surface area contributed by atoms with Crippen LogP contribution in [0.25, 0.3) is 0 Å². The van der Waals surface area contributed by atoms with Crippen LogP contribution in [0.15, 0.2) is 0 Å². The predicted molar refractivity (Wildman–Crippen MR) is 40.3 cm³/mol. The van der Waals surface area contributed by atoms with Crippen molar-refractivity contribution in [1.82, 2.24) is 0 Å². The maximum absolute atomic E-state index is 8.83. The number of aliphatic hydroxyl groups is 1. The third kappa shape index (κ3) is 5.47. The van der Waals surface area contributed by atoms with Gasteiger partial charge in [-0.1, -0.05) is 0 Å². The molecule has 8 heavy (non-hydrogen) atoms. The van der Waals surface area contributed by atoms with Gasteiger partial charge in [0.25, 0.3) is 0 Å². The molecular weight excluding hydrogens is 263 g/mol. The molecule has 0 bridgehead atoms. The molecule has 0 aromatic carbocycles. The Kier molecular flexibility index (Phi) is 6.32. The van der Waals surface area contributed by atoms with Crippen molar-refractivity contribution in [3.05, 3.63) is 0 Å². The van der Waals surface area contributed by atoms with Crippen LogP contribution in [0.3, 0.4) is 0 Å². The van der Waals surface area contributed by atoms with Gasteiger partial charge in [-0.15, -0.1) is 23.2 Å². The predicted octanol–water partition coefficient (Wildman–Crippen LogP) is 0.645. The topological polar surface area (TPSA) is 20.2 Å². The van der Waals surface area contributed by atoms with Gasteiger partial charge in [-0.25, -0.2) is 0 Å². The van der Waals surface area contributed by atoms with E-state index in [1.807, 2.05) is 0 Å². The molecule has 0 rings (SSSR count). The zero-order valence-corrected chi connectivity index (χ0v) is 9.15. The van der Waals surface area contributed by atoms with E-state index in [1.165, 1.54) is 0 Å². The van der Waals surface area contributed by atoms with Gasteiger partial charge >= 0.3 is 23.7 Å². The van der Waals surface area contributed by atoms with Crippen molar-refractivity contribution >= 4 is 46.9 Å². The van der Waals surface area contributed by atoms with E-state index in [2.05, 4.69) is 0 Å². The van der Waals surface area contributed by atoms with Gasteiger partial charge in [0.15, 0.2) is 0 Å². The number of alkyl halides is 2. The van der Waals surface area contributed by atoms with Crippen molar-refractivity contribution < 1.29 is 5.11 Å². The second kappa shape index (κ2) is 4.19. The first kappa shape index (κ1) is 12.0. The summed E-state index contributed by atoms with van der Waals surface area (Å²) in [6.45, 7) is 3.11. The van der Waals surface area contributed by atoms with Gasteiger partial charge in [0.05, 0.1) is 5.60 Å². The fraction of sp³-hybridized carbons (Fsp3) is 1.00. The molecule has 0 aliphatic carbocycles. The monoisotopic (exact) mass is 274 g/mol. The second-order valence-corrected chi connectivity index (χ2v) is 3.05. The van der Waals surface area contributed by atoms with E-state index in [-0.39, 0.29) is 23.7 Å². The summed E-state index contributed by atoms with van der Waals surface area (Å²) in [6, 6.07) is 0. The summed E-state index contributed by atoms with van der Waals surface area (Å²) in [5.41, 5.74) is -0.969. The van der Waals surface area contributed by atoms with Crippen LogP contribution < -0.4 is 0 Å². The van der Waals surface area contributed by atoms with Crippen molar-refractivity contribution in [2.24, 2.45) is 0 Å². The van der Waals surface area contributed by atoms with Crippen LogP contribution in [-0.2, 0) is 0 Å². The minimum absolute atomic E-state index is 0. The molecule has 0 unspecified atom stereocenters. The summed E-state index contributed by atoms with van der Waals surface area (Å²) in [7, 11) is 0. The van der Waals surface area contributed by atoms with Crippen molar-refractivity contribution in [2.75, 3.05) is 0 Å². The normalized spacial score (nSPS) is 11.2. The summed E-state index contributed by atoms with van der Waals surface area (Å²) in [5, 5.41) is 8.83. The van der Waals surface area contributed by atoms with Gasteiger partial charge in [-0.2, -0.15) is 0 Å². The van der Waals surface area contributed by atoms with Gasteiger partial charge in [-0.3, -0.25) is 0 Å². The van der Waals surface area contributed by atoms with E-state index in [0.717, 1.165) is 0 Å². The second-order valence-electron chi connectivity index (χ2n) is 1.95. The molecule has 0 spiro atoms. The molecule has 0 amide bonds. The van der Waals surface area contributed by atoms with Crippen molar-refractivity contribution in [1.29, 1.82) is 0 Å². The van der Waals surface area contributed by atoms with Gasteiger partial charge in [0, 0.05) is 0 Å². The summed E-state index contributed by atoms with van der Waals surface area (Å²) >= 11 is 10.5. The van der Waals surface area contributed by atoms with Crippen LogP contribution in [0.5, 0.6) is 0 Å². The fourth-order valence-electron chi connectivity index (χ4n) is 0. The Morgan fingerprint density at radius 3 is 1.50 bits per heavy atom. The van der Waals surface area contributed by atoms with Crippen LogP contribution in [0, 0.1) is 0 Å². The summed E-state index contributed by atoms with van der Waals surface area (Å²) in [5.74, 6) is 0. The van der Waals surface area contributed by atoms with E-state index in [1.54, 1.807) is 13.8 Å². The first-order valence-electron chi connectivity index (χ1n) is 1.95. The third-order valence-electron chi connectivity index (χ3n) is 0.534. The summed E-state index contributed by atoms with van der Waals surface area (Å²) < 4.78 is 0. The minimum atomic E-state index is -0.969. The van der Waals surface area contributed by atoms with E-state index >= 15 is 0 Å². The molecule has 0 radical (unpaired) electrons. The van der Waals surface area contributed by atoms with Crippen LogP contribution in [0.4, 0.5) is 0 Å². The molecule has 0 atom stereocenters. The quantitative estimate of drug-likeness (QED) is 0.549. The molecule has 52 valence electrons. The molecule has 0 heterocycles. The molecular formula is C4H10Cl2OTe. The zero-order chi connectivity index (χ0) is 6.08. The van der Waals surface area contributed by atoms with Crippen LogP contribution in [0.2, 0.25) is 0 Å². The summed E-state index contributed by atoms with van der Waals surface area (Å²) in [4.78, 5) is -0.701. The van der Waals surface area contributed by atoms with Crippen molar-refractivity contribution in [3.63, 3.8) is 0 Å². The molecule has 0 aromatic rings. The first-order chi connectivity index (χ1) is 2.94. The Labute approximate surface area is 76.1 Å². The molecule has 1 N–H and O–H groups in total. The van der Waals surface area contributed by atoms with Crippen molar-refractivity contribution in [2.45, 2.75) is 24.3 Å². The number of hydrogen-bond acceptors (Lipinski definition) is 1. The average Bonchev–Trinajstić information content (AvgIpc) is 1.31. The molecule has 0 aliphatic heterocycles. The van der Waals surface area contributed by atoms with Gasteiger partial charge < -0.3 is 5.11 Å². The Morgan fingerprint density at radius 2 is 1.50 bits per heavy atom. The van der Waals surface area contributed by atoms with Crippen LogP contribution in [0.1, 0.15) is 13.8 Å². The number of rotatable bonds is 1. The fourth-order valence-corrected chi connectivity index (χ4v) is 0. The van der Waals surface area contributed by atoms with Crippen molar-refractivity contribution in [3.8, 4) is 0 Å². The maximum atomic E-state index is 8.83. The zero-order valence-electron chi connectivity index (χ0n) is 4.78. The Morgan fingerprint density at radius 1 is 1.38 bits per heavy atom. The molecule has 0 fully saturated rings. The van der Waals surface area contributed by atoms with E-state index in [9.17, 15) is 0 Å². The Hall–Kier alpha value is 1.33. The molecule has 0 aromatic heterocycles. The van der Waals surface area contributed by atoms with E-state index in [4.69, 9.17) is 28.3 Å². The first-order valence-corrected chi connectivity index (χ1v) is 2.82. The molecule has 0 saturated heterocycles. The summed E-state index contributed by atoms with van der Waals surface area (Å²) in [6.07, 6.45) is 0. The molecule has 4 heteroatoms. The SMILES string of the molecule is CC(C)(O)C(Cl)Cl.[TeH2]. The third-order valence-corrected chi connectivity index (χ3v) is 1.60. The van der Waals surface area contributed by atoms with Gasteiger partial charge in [-0.05, 0) is 13.8 Å². The van der Waals surface area contributed by atoms with Gasteiger partial charge in [0.2, 0.25) is 0 Å².